The summed E-state index contributed by atoms with van der Waals surface area (Å²) in [4.78, 5) is 13.0. The number of hydrogen-bond acceptors (Lipinski definition) is 7. The van der Waals surface area contributed by atoms with Gasteiger partial charge < -0.3 is 10.5 Å². The third-order valence-electron chi connectivity index (χ3n) is 4.63. The quantitative estimate of drug-likeness (QED) is 0.797. The minimum Gasteiger partial charge on any atom is -0.457 e. The molecular formula is C17H16N4O3S2. The summed E-state index contributed by atoms with van der Waals surface area (Å²) in [5.74, 6) is -0.0535. The van der Waals surface area contributed by atoms with E-state index in [0.717, 1.165) is 16.0 Å². The molecule has 2 aliphatic rings. The Labute approximate surface area is 155 Å². The van der Waals surface area contributed by atoms with Gasteiger partial charge in [-0.3, -0.25) is 4.98 Å². The second kappa shape index (κ2) is 5.53. The van der Waals surface area contributed by atoms with Crippen molar-refractivity contribution in [2.24, 2.45) is 10.7 Å². The molecule has 2 aromatic rings. The fourth-order valence-corrected chi connectivity index (χ4v) is 6.54. The first kappa shape index (κ1) is 17.0. The normalized spacial score (nSPS) is 25.6. The third-order valence-corrected chi connectivity index (χ3v) is 7.74. The van der Waals surface area contributed by atoms with E-state index in [1.54, 1.807) is 12.3 Å². The van der Waals surface area contributed by atoms with Crippen LogP contribution in [0.5, 0.6) is 0 Å². The Morgan fingerprint density at radius 2 is 2.08 bits per heavy atom. The van der Waals surface area contributed by atoms with E-state index < -0.39 is 21.0 Å². The van der Waals surface area contributed by atoms with Gasteiger partial charge in [-0.1, -0.05) is 0 Å². The maximum Gasteiger partial charge on any atom is 0.283 e. The summed E-state index contributed by atoms with van der Waals surface area (Å²) in [5, 5.41) is 1.98. The van der Waals surface area contributed by atoms with Crippen molar-refractivity contribution in [1.82, 2.24) is 4.98 Å². The van der Waals surface area contributed by atoms with Crippen molar-refractivity contribution in [3.63, 3.8) is 0 Å². The molecule has 2 N–H and O–H groups in total. The fourth-order valence-electron chi connectivity index (χ4n) is 3.67. The molecule has 4 rings (SSSR count). The molecule has 0 aliphatic carbocycles. The molecule has 134 valence electrons. The van der Waals surface area contributed by atoms with Gasteiger partial charge in [-0.15, -0.1) is 11.3 Å². The predicted molar refractivity (Wildman–Crippen MR) is 99.9 cm³/mol. The molecule has 0 radical (unpaired) electrons. The van der Waals surface area contributed by atoms with E-state index in [1.807, 2.05) is 18.4 Å². The minimum atomic E-state index is -3.06. The van der Waals surface area contributed by atoms with E-state index in [9.17, 15) is 8.42 Å². The maximum absolute atomic E-state index is 11.7. The summed E-state index contributed by atoms with van der Waals surface area (Å²) in [6, 6.07) is 3.81. The summed E-state index contributed by atoms with van der Waals surface area (Å²) >= 11 is 1.53. The van der Waals surface area contributed by atoms with Gasteiger partial charge in [0.25, 0.3) is 6.02 Å². The third kappa shape index (κ3) is 2.85. The van der Waals surface area contributed by atoms with Crippen molar-refractivity contribution < 1.29 is 13.2 Å². The van der Waals surface area contributed by atoms with Crippen LogP contribution in [0.2, 0.25) is 0 Å². The highest BCUT2D eigenvalue weighted by Gasteiger charge is 2.57. The highest BCUT2D eigenvalue weighted by atomic mass is 32.2. The number of thiophene rings is 1. The summed E-state index contributed by atoms with van der Waals surface area (Å²) in [7, 11) is -3.06. The first-order valence-electron chi connectivity index (χ1n) is 7.89. The van der Waals surface area contributed by atoms with Crippen molar-refractivity contribution in [2.75, 3.05) is 11.5 Å². The number of aromatic nitrogens is 1. The number of nitrogens with zero attached hydrogens (tertiary/aromatic N) is 3. The Kier molecular flexibility index (Phi) is 3.61. The molecule has 1 fully saturated rings. The van der Waals surface area contributed by atoms with E-state index in [2.05, 4.69) is 14.8 Å². The summed E-state index contributed by atoms with van der Waals surface area (Å²) in [6.07, 6.45) is 3.69. The van der Waals surface area contributed by atoms with Crippen LogP contribution < -0.4 is 5.73 Å². The molecule has 0 amide bonds. The van der Waals surface area contributed by atoms with Gasteiger partial charge in [0.2, 0.25) is 5.69 Å². The lowest BCUT2D eigenvalue weighted by Gasteiger charge is -2.47. The molecule has 7 nitrogen and oxygen atoms in total. The van der Waals surface area contributed by atoms with Crippen LogP contribution in [0.25, 0.3) is 16.0 Å². The number of sulfone groups is 1. The topological polar surface area (TPSA) is 99.0 Å². The molecule has 0 aromatic carbocycles. The Morgan fingerprint density at radius 3 is 2.77 bits per heavy atom. The lowest BCUT2D eigenvalue weighted by Crippen LogP contribution is -2.62. The van der Waals surface area contributed by atoms with Gasteiger partial charge in [-0.05, 0) is 35.6 Å². The zero-order chi connectivity index (χ0) is 18.6. The number of rotatable bonds is 2. The lowest BCUT2D eigenvalue weighted by atomic mass is 9.85. The minimum absolute atomic E-state index is 0.0268. The zero-order valence-corrected chi connectivity index (χ0v) is 15.6. The lowest BCUT2D eigenvalue weighted by molar-refractivity contribution is 0.0326. The molecule has 1 unspecified atom stereocenters. The smallest absolute Gasteiger partial charge is 0.283 e. The number of aliphatic imine (C=N–C) groups is 1. The molecule has 9 heteroatoms. The maximum atomic E-state index is 11.7. The highest BCUT2D eigenvalue weighted by Crippen LogP contribution is 2.46. The average molecular weight is 388 g/mol. The Balaban J connectivity index is 1.68. The molecule has 2 aromatic heterocycles. The Bertz CT molecular complexity index is 1060. The average Bonchev–Trinajstić information content (AvgIpc) is 3.03. The zero-order valence-electron chi connectivity index (χ0n) is 14.0. The Hall–Kier alpha value is -2.44. The first-order chi connectivity index (χ1) is 12.2. The number of nitrogens with two attached hydrogens (primary N) is 1. The van der Waals surface area contributed by atoms with E-state index in [1.165, 1.54) is 17.5 Å². The molecule has 1 spiro atoms. The molecule has 0 saturated carbocycles. The van der Waals surface area contributed by atoms with Crippen LogP contribution in [0.1, 0.15) is 18.2 Å². The monoisotopic (exact) mass is 388 g/mol. The number of amidine groups is 1. The second-order valence-electron chi connectivity index (χ2n) is 6.96. The molecule has 26 heavy (non-hydrogen) atoms. The van der Waals surface area contributed by atoms with Crippen molar-refractivity contribution in [3.8, 4) is 11.1 Å². The van der Waals surface area contributed by atoms with E-state index in [0.29, 0.717) is 12.1 Å². The highest BCUT2D eigenvalue weighted by molar-refractivity contribution is 7.93. The van der Waals surface area contributed by atoms with Crippen LogP contribution >= 0.6 is 11.3 Å². The van der Waals surface area contributed by atoms with Gasteiger partial charge in [-0.2, -0.15) is 0 Å². The van der Waals surface area contributed by atoms with Gasteiger partial charge in [-0.25, -0.2) is 18.3 Å². The van der Waals surface area contributed by atoms with Crippen molar-refractivity contribution in [3.05, 3.63) is 46.2 Å². The van der Waals surface area contributed by atoms with Gasteiger partial charge in [0, 0.05) is 23.7 Å². The van der Waals surface area contributed by atoms with Crippen LogP contribution in [0, 0.1) is 6.57 Å². The molecule has 1 atom stereocenters. The fraction of sp³-hybridized carbons (Fsp3) is 0.353. The second-order valence-corrected chi connectivity index (χ2v) is 9.94. The molecule has 2 aliphatic heterocycles. The standard InChI is InChI=1S/C17H16N4O3S2/c1-16(8-17(24-15(18)21-16)9-26(22,23)10-17)14-4-12(7-25-14)11-3-13(19-2)6-20-5-11/h3-7H,8-10H2,1H3,(H2,18,21). The van der Waals surface area contributed by atoms with Gasteiger partial charge >= 0.3 is 0 Å². The van der Waals surface area contributed by atoms with Crippen molar-refractivity contribution in [2.45, 2.75) is 24.5 Å². The molecule has 0 bridgehead atoms. The summed E-state index contributed by atoms with van der Waals surface area (Å²) in [5.41, 5.74) is 6.72. The molecular weight excluding hydrogens is 372 g/mol. The summed E-state index contributed by atoms with van der Waals surface area (Å²) in [6.45, 7) is 9.06. The number of ether oxygens (including phenoxy) is 1. The van der Waals surface area contributed by atoms with E-state index in [-0.39, 0.29) is 17.5 Å². The van der Waals surface area contributed by atoms with E-state index >= 15 is 0 Å². The van der Waals surface area contributed by atoms with Crippen LogP contribution in [-0.2, 0) is 20.1 Å². The first-order valence-corrected chi connectivity index (χ1v) is 10.6. The van der Waals surface area contributed by atoms with Crippen LogP contribution in [0.15, 0.2) is 34.9 Å². The van der Waals surface area contributed by atoms with Crippen molar-refractivity contribution in [1.29, 1.82) is 0 Å². The summed E-state index contributed by atoms with van der Waals surface area (Å²) < 4.78 is 28.9. The van der Waals surface area contributed by atoms with E-state index in [4.69, 9.17) is 17.0 Å². The molecule has 1 saturated heterocycles. The molecule has 4 heterocycles. The van der Waals surface area contributed by atoms with Crippen LogP contribution in [0.3, 0.4) is 0 Å². The van der Waals surface area contributed by atoms with Gasteiger partial charge in [0.05, 0.1) is 18.1 Å². The van der Waals surface area contributed by atoms with Crippen molar-refractivity contribution >= 4 is 32.9 Å². The van der Waals surface area contributed by atoms with Gasteiger partial charge in [0.15, 0.2) is 9.84 Å². The SMILES string of the molecule is [C-]#[N+]c1cncc(-c2csc(C3(C)CC4(CS(=O)(=O)C4)OC(N)=N3)c2)c1. The predicted octanol–water partition coefficient (Wildman–Crippen LogP) is 2.48. The van der Waals surface area contributed by atoms with Gasteiger partial charge in [0.1, 0.15) is 11.1 Å². The Morgan fingerprint density at radius 1 is 1.31 bits per heavy atom. The number of hydrogen-bond donors (Lipinski definition) is 1. The van der Waals surface area contributed by atoms with Crippen LogP contribution in [0.4, 0.5) is 5.69 Å². The number of pyridine rings is 1. The largest absolute Gasteiger partial charge is 0.457 e. The van der Waals surface area contributed by atoms with Crippen LogP contribution in [-0.4, -0.2) is 36.5 Å².